The SMILES string of the molecule is CC.Oc1ccc2ccoc2c1. The number of rotatable bonds is 0. The first-order valence-electron chi connectivity index (χ1n) is 4.02. The van der Waals surface area contributed by atoms with Crippen molar-refractivity contribution in [1.29, 1.82) is 0 Å². The zero-order chi connectivity index (χ0) is 8.97. The van der Waals surface area contributed by atoms with Crippen molar-refractivity contribution in [2.75, 3.05) is 0 Å². The quantitative estimate of drug-likeness (QED) is 0.648. The highest BCUT2D eigenvalue weighted by atomic mass is 16.3. The monoisotopic (exact) mass is 164 g/mol. The Labute approximate surface area is 71.4 Å². The molecule has 1 heterocycles. The van der Waals surface area contributed by atoms with Gasteiger partial charge in [0.05, 0.1) is 6.26 Å². The summed E-state index contributed by atoms with van der Waals surface area (Å²) in [6, 6.07) is 6.90. The van der Waals surface area contributed by atoms with Crippen LogP contribution in [0.2, 0.25) is 0 Å². The van der Waals surface area contributed by atoms with E-state index in [9.17, 15) is 0 Å². The van der Waals surface area contributed by atoms with Crippen LogP contribution in [0.15, 0.2) is 34.9 Å². The Morgan fingerprint density at radius 2 is 1.92 bits per heavy atom. The minimum atomic E-state index is 0.238. The minimum absolute atomic E-state index is 0.238. The molecule has 0 unspecified atom stereocenters. The van der Waals surface area contributed by atoms with Crippen LogP contribution in [-0.4, -0.2) is 5.11 Å². The topological polar surface area (TPSA) is 33.4 Å². The fraction of sp³-hybridized carbons (Fsp3) is 0.200. The Balaban J connectivity index is 0.000000336. The zero-order valence-corrected chi connectivity index (χ0v) is 7.24. The fourth-order valence-corrected chi connectivity index (χ4v) is 0.943. The molecule has 0 aliphatic rings. The van der Waals surface area contributed by atoms with Gasteiger partial charge in [-0.3, -0.25) is 0 Å². The minimum Gasteiger partial charge on any atom is -0.508 e. The maximum Gasteiger partial charge on any atom is 0.137 e. The van der Waals surface area contributed by atoms with Crippen molar-refractivity contribution in [2.24, 2.45) is 0 Å². The zero-order valence-electron chi connectivity index (χ0n) is 7.24. The smallest absolute Gasteiger partial charge is 0.137 e. The van der Waals surface area contributed by atoms with E-state index >= 15 is 0 Å². The number of benzene rings is 1. The van der Waals surface area contributed by atoms with Crippen LogP contribution < -0.4 is 0 Å². The first-order chi connectivity index (χ1) is 5.86. The first kappa shape index (κ1) is 8.65. The molecule has 0 amide bonds. The molecule has 2 aromatic rings. The second kappa shape index (κ2) is 3.81. The Bertz CT molecular complexity index is 349. The van der Waals surface area contributed by atoms with Crippen LogP contribution in [0.25, 0.3) is 11.0 Å². The third-order valence-electron chi connectivity index (χ3n) is 1.44. The Morgan fingerprint density at radius 1 is 1.17 bits per heavy atom. The lowest BCUT2D eigenvalue weighted by atomic mass is 10.2. The molecule has 0 radical (unpaired) electrons. The van der Waals surface area contributed by atoms with Gasteiger partial charge in [0.25, 0.3) is 0 Å². The maximum atomic E-state index is 8.99. The van der Waals surface area contributed by atoms with E-state index in [0.717, 1.165) is 11.0 Å². The second-order valence-corrected chi connectivity index (χ2v) is 2.14. The summed E-state index contributed by atoms with van der Waals surface area (Å²) in [5, 5.41) is 10.0. The molecule has 1 aromatic carbocycles. The summed E-state index contributed by atoms with van der Waals surface area (Å²) >= 11 is 0. The summed E-state index contributed by atoms with van der Waals surface area (Å²) in [6.07, 6.45) is 1.60. The van der Waals surface area contributed by atoms with Crippen molar-refractivity contribution in [1.82, 2.24) is 0 Å². The fourth-order valence-electron chi connectivity index (χ4n) is 0.943. The van der Waals surface area contributed by atoms with Gasteiger partial charge in [-0.1, -0.05) is 13.8 Å². The van der Waals surface area contributed by atoms with Gasteiger partial charge in [-0.15, -0.1) is 0 Å². The standard InChI is InChI=1S/C8H6O2.C2H6/c9-7-2-1-6-3-4-10-8(6)5-7;1-2/h1-5,9H;1-2H3. The predicted octanol–water partition coefficient (Wildman–Crippen LogP) is 3.16. The molecule has 1 N–H and O–H groups in total. The van der Waals surface area contributed by atoms with Crippen molar-refractivity contribution in [3.8, 4) is 5.75 Å². The number of phenolic OH excluding ortho intramolecular Hbond substituents is 1. The van der Waals surface area contributed by atoms with Crippen LogP contribution >= 0.6 is 0 Å². The molecular formula is C10H12O2. The number of phenols is 1. The van der Waals surface area contributed by atoms with Gasteiger partial charge in [0.2, 0.25) is 0 Å². The molecule has 0 fully saturated rings. The van der Waals surface area contributed by atoms with Crippen molar-refractivity contribution >= 4 is 11.0 Å². The summed E-state index contributed by atoms with van der Waals surface area (Å²) in [5.41, 5.74) is 0.722. The second-order valence-electron chi connectivity index (χ2n) is 2.14. The average Bonchev–Trinajstić information content (AvgIpc) is 2.54. The molecule has 2 nitrogen and oxygen atoms in total. The van der Waals surface area contributed by atoms with E-state index in [-0.39, 0.29) is 5.75 Å². The molecular weight excluding hydrogens is 152 g/mol. The summed E-state index contributed by atoms with van der Waals surface area (Å²) in [5.74, 6) is 0.238. The van der Waals surface area contributed by atoms with Gasteiger partial charge >= 0.3 is 0 Å². The molecule has 0 atom stereocenters. The molecule has 0 saturated heterocycles. The largest absolute Gasteiger partial charge is 0.508 e. The summed E-state index contributed by atoms with van der Waals surface area (Å²) in [6.45, 7) is 4.00. The van der Waals surface area contributed by atoms with Gasteiger partial charge in [0, 0.05) is 11.5 Å². The van der Waals surface area contributed by atoms with Gasteiger partial charge in [0.15, 0.2) is 0 Å². The average molecular weight is 164 g/mol. The number of aromatic hydroxyl groups is 1. The van der Waals surface area contributed by atoms with Gasteiger partial charge in [0.1, 0.15) is 11.3 Å². The van der Waals surface area contributed by atoms with E-state index in [4.69, 9.17) is 9.52 Å². The Kier molecular flexibility index (Phi) is 2.75. The normalized spacial score (nSPS) is 9.17. The number of hydrogen-bond acceptors (Lipinski definition) is 2. The third-order valence-corrected chi connectivity index (χ3v) is 1.44. The van der Waals surface area contributed by atoms with Gasteiger partial charge < -0.3 is 9.52 Å². The van der Waals surface area contributed by atoms with Crippen LogP contribution in [0, 0.1) is 0 Å². The maximum absolute atomic E-state index is 8.99. The van der Waals surface area contributed by atoms with Crippen LogP contribution in [0.4, 0.5) is 0 Å². The Hall–Kier alpha value is -1.44. The highest BCUT2D eigenvalue weighted by molar-refractivity contribution is 5.78. The summed E-state index contributed by atoms with van der Waals surface area (Å²) in [7, 11) is 0. The number of fused-ring (bicyclic) bond motifs is 1. The molecule has 0 aliphatic heterocycles. The molecule has 2 heteroatoms. The van der Waals surface area contributed by atoms with Crippen molar-refractivity contribution < 1.29 is 9.52 Å². The van der Waals surface area contributed by atoms with Crippen molar-refractivity contribution in [3.05, 3.63) is 30.5 Å². The van der Waals surface area contributed by atoms with Crippen LogP contribution in [-0.2, 0) is 0 Å². The molecule has 12 heavy (non-hydrogen) atoms. The highest BCUT2D eigenvalue weighted by Crippen LogP contribution is 2.19. The molecule has 64 valence electrons. The van der Waals surface area contributed by atoms with E-state index in [1.54, 1.807) is 18.4 Å². The molecule has 0 aliphatic carbocycles. The first-order valence-corrected chi connectivity index (χ1v) is 4.02. The lowest BCUT2D eigenvalue weighted by Crippen LogP contribution is -1.62. The van der Waals surface area contributed by atoms with E-state index in [1.165, 1.54) is 0 Å². The lowest BCUT2D eigenvalue weighted by Gasteiger charge is -1.88. The van der Waals surface area contributed by atoms with Crippen molar-refractivity contribution in [3.63, 3.8) is 0 Å². The molecule has 0 spiro atoms. The van der Waals surface area contributed by atoms with Crippen molar-refractivity contribution in [2.45, 2.75) is 13.8 Å². The predicted molar refractivity (Wildman–Crippen MR) is 49.2 cm³/mol. The van der Waals surface area contributed by atoms with E-state index in [2.05, 4.69) is 0 Å². The molecule has 1 aromatic heterocycles. The lowest BCUT2D eigenvalue weighted by molar-refractivity contribution is 0.474. The number of hydrogen-bond donors (Lipinski definition) is 1. The summed E-state index contributed by atoms with van der Waals surface area (Å²) in [4.78, 5) is 0. The van der Waals surface area contributed by atoms with E-state index in [0.29, 0.717) is 0 Å². The molecule has 0 saturated carbocycles. The summed E-state index contributed by atoms with van der Waals surface area (Å²) < 4.78 is 5.04. The van der Waals surface area contributed by atoms with Crippen LogP contribution in [0.3, 0.4) is 0 Å². The third kappa shape index (κ3) is 1.59. The van der Waals surface area contributed by atoms with Crippen LogP contribution in [0.5, 0.6) is 5.75 Å². The van der Waals surface area contributed by atoms with Gasteiger partial charge in [-0.2, -0.15) is 0 Å². The highest BCUT2D eigenvalue weighted by Gasteiger charge is 1.95. The van der Waals surface area contributed by atoms with Gasteiger partial charge in [-0.05, 0) is 18.2 Å². The van der Waals surface area contributed by atoms with Gasteiger partial charge in [-0.25, -0.2) is 0 Å². The van der Waals surface area contributed by atoms with Crippen LogP contribution in [0.1, 0.15) is 13.8 Å². The molecule has 2 rings (SSSR count). The van der Waals surface area contributed by atoms with E-state index < -0.39 is 0 Å². The van der Waals surface area contributed by atoms with E-state index in [1.807, 2.05) is 26.0 Å². The number of furan rings is 1. The molecule has 0 bridgehead atoms. The Morgan fingerprint density at radius 3 is 2.67 bits per heavy atom.